The number of benzene rings is 3. The first kappa shape index (κ1) is 38.7. The maximum atomic E-state index is 14.0. The van der Waals surface area contributed by atoms with Crippen LogP contribution in [0.25, 0.3) is 22.5 Å². The summed E-state index contributed by atoms with van der Waals surface area (Å²) < 4.78 is 59.4. The molecule has 0 fully saturated rings. The van der Waals surface area contributed by atoms with Gasteiger partial charge in [0.1, 0.15) is 17.2 Å². The summed E-state index contributed by atoms with van der Waals surface area (Å²) in [4.78, 5) is 9.08. The van der Waals surface area contributed by atoms with Crippen molar-refractivity contribution in [2.24, 2.45) is 0 Å². The quantitative estimate of drug-likeness (QED) is 0.0725. The number of hydrogen-bond acceptors (Lipinski definition) is 5. The van der Waals surface area contributed by atoms with Crippen LogP contribution in [-0.4, -0.2) is 36.0 Å². The Bertz CT molecular complexity index is 1480. The smallest absolute Gasteiger partial charge is 0.395 e. The minimum Gasteiger partial charge on any atom is -0.494 e. The topological polar surface area (TPSA) is 53.5 Å². The lowest BCUT2D eigenvalue weighted by molar-refractivity contribution is -0.153. The highest BCUT2D eigenvalue weighted by Gasteiger charge is 2.40. The van der Waals surface area contributed by atoms with E-state index in [1.54, 1.807) is 36.7 Å². The van der Waals surface area contributed by atoms with Crippen molar-refractivity contribution in [1.29, 1.82) is 0 Å². The highest BCUT2D eigenvalue weighted by atomic mass is 19.4. The van der Waals surface area contributed by atoms with Gasteiger partial charge in [-0.25, -0.2) is 9.97 Å². The van der Waals surface area contributed by atoms with E-state index in [0.717, 1.165) is 48.3 Å². The second kappa shape index (κ2) is 21.2. The van der Waals surface area contributed by atoms with E-state index in [2.05, 4.69) is 23.8 Å². The van der Waals surface area contributed by atoms with Gasteiger partial charge in [-0.05, 0) is 78.9 Å². The van der Waals surface area contributed by atoms with Gasteiger partial charge in [0.15, 0.2) is 5.82 Å². The van der Waals surface area contributed by atoms with Crippen LogP contribution in [0, 0.1) is 0 Å². The summed E-state index contributed by atoms with van der Waals surface area (Å²) in [6.07, 6.45) is 13.3. The predicted octanol–water partition coefficient (Wildman–Crippen LogP) is 12.4. The Kier molecular flexibility index (Phi) is 16.4. The second-order valence-electron chi connectivity index (χ2n) is 12.9. The molecule has 0 N–H and O–H groups in total. The molecular formula is C42H53F3N2O3. The van der Waals surface area contributed by atoms with Gasteiger partial charge in [0, 0.05) is 23.5 Å². The molecule has 1 unspecified atom stereocenters. The van der Waals surface area contributed by atoms with Crippen LogP contribution >= 0.6 is 0 Å². The van der Waals surface area contributed by atoms with E-state index in [1.807, 2.05) is 36.4 Å². The molecule has 0 aliphatic rings. The van der Waals surface area contributed by atoms with Crippen molar-refractivity contribution in [1.82, 2.24) is 9.97 Å². The van der Waals surface area contributed by atoms with Gasteiger partial charge in [0.2, 0.25) is 0 Å². The van der Waals surface area contributed by atoms with Gasteiger partial charge >= 0.3 is 6.18 Å². The zero-order valence-corrected chi connectivity index (χ0v) is 29.7. The van der Waals surface area contributed by atoms with Crippen LogP contribution in [-0.2, 0) is 0 Å². The molecule has 1 atom stereocenters. The predicted molar refractivity (Wildman–Crippen MR) is 196 cm³/mol. The summed E-state index contributed by atoms with van der Waals surface area (Å²) in [5.41, 5.74) is 2.88. The summed E-state index contributed by atoms with van der Waals surface area (Å²) in [6, 6.07) is 21.3. The monoisotopic (exact) mass is 690 g/mol. The lowest BCUT2D eigenvalue weighted by Crippen LogP contribution is -2.23. The number of hydrogen-bond donors (Lipinski definition) is 0. The summed E-state index contributed by atoms with van der Waals surface area (Å²) in [7, 11) is 0. The Morgan fingerprint density at radius 2 is 0.920 bits per heavy atom. The summed E-state index contributed by atoms with van der Waals surface area (Å²) in [6.45, 7) is 5.64. The van der Waals surface area contributed by atoms with Crippen LogP contribution in [0.15, 0.2) is 85.2 Å². The molecule has 4 rings (SSSR count). The lowest BCUT2D eigenvalue weighted by Gasteiger charge is -2.21. The molecule has 0 saturated carbocycles. The first-order valence-electron chi connectivity index (χ1n) is 18.5. The fraction of sp³-hybridized carbons (Fsp3) is 0.476. The normalized spacial score (nSPS) is 12.1. The van der Waals surface area contributed by atoms with Crippen LogP contribution in [0.4, 0.5) is 13.2 Å². The average molecular weight is 691 g/mol. The van der Waals surface area contributed by atoms with Gasteiger partial charge in [0.05, 0.1) is 25.7 Å². The molecule has 8 heteroatoms. The summed E-state index contributed by atoms with van der Waals surface area (Å²) in [5, 5.41) is 0. The molecule has 1 aromatic heterocycles. The summed E-state index contributed by atoms with van der Waals surface area (Å²) >= 11 is 0. The van der Waals surface area contributed by atoms with Gasteiger partial charge in [-0.15, -0.1) is 0 Å². The third-order valence-electron chi connectivity index (χ3n) is 8.84. The zero-order valence-electron chi connectivity index (χ0n) is 29.7. The first-order chi connectivity index (χ1) is 24.4. The average Bonchev–Trinajstić information content (AvgIpc) is 3.13. The third kappa shape index (κ3) is 13.3. The van der Waals surface area contributed by atoms with Crippen molar-refractivity contribution >= 4 is 0 Å². The number of ether oxygens (including phenoxy) is 3. The SMILES string of the molecule is CCCCCCCCOc1ccc(-c2cnc(-c3ccc(OCCC(c4ccc(OCCCCCCCC)cc4)C(F)(F)F)cc3)nc2)cc1. The number of rotatable bonds is 23. The maximum absolute atomic E-state index is 14.0. The molecule has 0 radical (unpaired) electrons. The Morgan fingerprint density at radius 3 is 1.40 bits per heavy atom. The molecular weight excluding hydrogens is 637 g/mol. The molecule has 5 nitrogen and oxygen atoms in total. The fourth-order valence-electron chi connectivity index (χ4n) is 5.83. The molecule has 3 aromatic carbocycles. The Morgan fingerprint density at radius 1 is 0.500 bits per heavy atom. The van der Waals surface area contributed by atoms with E-state index in [1.165, 1.54) is 69.9 Å². The van der Waals surface area contributed by atoms with E-state index in [-0.39, 0.29) is 18.6 Å². The van der Waals surface area contributed by atoms with E-state index >= 15 is 0 Å². The highest BCUT2D eigenvalue weighted by Crippen LogP contribution is 2.38. The standard InChI is InChI=1S/C42H53F3N2O3/c1-3-5-7-9-11-13-28-48-37-21-15-33(16-22-37)36-31-46-41(47-32-36)35-19-25-39(26-20-35)50-30-27-40(42(43,44)45)34-17-23-38(24-18-34)49-29-14-12-10-8-6-4-2/h15-26,31-32,40H,3-14,27-30H2,1-2H3. The van der Waals surface area contributed by atoms with Crippen LogP contribution < -0.4 is 14.2 Å². The van der Waals surface area contributed by atoms with Crippen LogP contribution in [0.3, 0.4) is 0 Å². The molecule has 270 valence electrons. The van der Waals surface area contributed by atoms with E-state index in [0.29, 0.717) is 23.9 Å². The largest absolute Gasteiger partial charge is 0.494 e. The molecule has 0 spiro atoms. The summed E-state index contributed by atoms with van der Waals surface area (Å²) in [5.74, 6) is 0.861. The van der Waals surface area contributed by atoms with E-state index in [4.69, 9.17) is 14.2 Å². The Labute approximate surface area is 296 Å². The molecule has 50 heavy (non-hydrogen) atoms. The Balaban J connectivity index is 1.21. The van der Waals surface area contributed by atoms with Gasteiger partial charge in [0.25, 0.3) is 0 Å². The fourth-order valence-corrected chi connectivity index (χ4v) is 5.83. The maximum Gasteiger partial charge on any atom is 0.395 e. The zero-order chi connectivity index (χ0) is 35.4. The molecule has 0 aliphatic carbocycles. The van der Waals surface area contributed by atoms with Crippen molar-refractivity contribution < 1.29 is 27.4 Å². The molecule has 1 heterocycles. The van der Waals surface area contributed by atoms with Crippen molar-refractivity contribution in [3.63, 3.8) is 0 Å². The number of halogens is 3. The third-order valence-corrected chi connectivity index (χ3v) is 8.84. The minimum absolute atomic E-state index is 0.0755. The van der Waals surface area contributed by atoms with Crippen LogP contribution in [0.5, 0.6) is 17.2 Å². The Hall–Kier alpha value is -4.07. The van der Waals surface area contributed by atoms with Crippen molar-refractivity contribution in [2.75, 3.05) is 19.8 Å². The molecule has 0 aliphatic heterocycles. The highest BCUT2D eigenvalue weighted by molar-refractivity contribution is 5.64. The second-order valence-corrected chi connectivity index (χ2v) is 12.9. The first-order valence-corrected chi connectivity index (χ1v) is 18.5. The van der Waals surface area contributed by atoms with Gasteiger partial charge < -0.3 is 14.2 Å². The van der Waals surface area contributed by atoms with Crippen molar-refractivity contribution in [3.05, 3.63) is 90.8 Å². The minimum atomic E-state index is -4.39. The van der Waals surface area contributed by atoms with Crippen molar-refractivity contribution in [3.8, 4) is 39.8 Å². The number of alkyl halides is 3. The van der Waals surface area contributed by atoms with Gasteiger partial charge in [-0.1, -0.05) is 102 Å². The van der Waals surface area contributed by atoms with Crippen LogP contribution in [0.2, 0.25) is 0 Å². The molecule has 0 amide bonds. The molecule has 0 saturated heterocycles. The van der Waals surface area contributed by atoms with Gasteiger partial charge in [-0.3, -0.25) is 0 Å². The van der Waals surface area contributed by atoms with Crippen molar-refractivity contribution in [2.45, 2.75) is 109 Å². The molecule has 4 aromatic rings. The van der Waals surface area contributed by atoms with Gasteiger partial charge in [-0.2, -0.15) is 13.2 Å². The number of nitrogens with zero attached hydrogens (tertiary/aromatic N) is 2. The number of unbranched alkanes of at least 4 members (excludes halogenated alkanes) is 10. The number of aromatic nitrogens is 2. The lowest BCUT2D eigenvalue weighted by atomic mass is 9.95. The van der Waals surface area contributed by atoms with Crippen LogP contribution in [0.1, 0.15) is 109 Å². The van der Waals surface area contributed by atoms with E-state index in [9.17, 15) is 13.2 Å². The molecule has 0 bridgehead atoms. The van der Waals surface area contributed by atoms with E-state index < -0.39 is 12.1 Å².